The lowest BCUT2D eigenvalue weighted by Crippen LogP contribution is -2.11. The van der Waals surface area contributed by atoms with Gasteiger partial charge in [-0.25, -0.2) is 0 Å². The van der Waals surface area contributed by atoms with E-state index in [9.17, 15) is 0 Å². The highest BCUT2D eigenvalue weighted by Crippen LogP contribution is 2.55. The molecule has 5 aromatic carbocycles. The molecule has 1 nitrogen and oxygen atoms in total. The van der Waals surface area contributed by atoms with E-state index < -0.39 is 0 Å². The van der Waals surface area contributed by atoms with Crippen LogP contribution in [0.5, 0.6) is 0 Å². The summed E-state index contributed by atoms with van der Waals surface area (Å²) < 4.78 is 2.16. The number of nitrogens with zero attached hydrogens (tertiary/aromatic N) is 1. The summed E-state index contributed by atoms with van der Waals surface area (Å²) in [5.74, 6) is 1.50. The van der Waals surface area contributed by atoms with E-state index in [0.29, 0.717) is 0 Å². The second kappa shape index (κ2) is 9.15. The largest absolute Gasteiger partial charge is 0.310 e. The molecule has 2 bridgehead atoms. The number of hydrogen-bond acceptors (Lipinski definition) is 1. The summed E-state index contributed by atoms with van der Waals surface area (Å²) in [7, 11) is 0. The maximum atomic E-state index is 3.63. The zero-order valence-corrected chi connectivity index (χ0v) is 23.9. The van der Waals surface area contributed by atoms with Crippen LogP contribution in [0.3, 0.4) is 0 Å². The molecule has 0 heterocycles. The van der Waals surface area contributed by atoms with E-state index in [1.165, 1.54) is 52.4 Å². The van der Waals surface area contributed by atoms with Crippen LogP contribution in [0.15, 0.2) is 106 Å². The first-order valence-electron chi connectivity index (χ1n) is 13.0. The molecule has 0 radical (unpaired) electrons. The lowest BCUT2D eigenvalue weighted by Gasteiger charge is -2.29. The quantitative estimate of drug-likeness (QED) is 0.196. The van der Waals surface area contributed by atoms with Crippen molar-refractivity contribution in [2.45, 2.75) is 38.0 Å². The fraction of sp³-hybridized carbons (Fsp3) is 0.176. The maximum absolute atomic E-state index is 3.63. The van der Waals surface area contributed by atoms with Gasteiger partial charge in [0, 0.05) is 25.9 Å². The molecule has 2 aliphatic rings. The Labute approximate surface area is 235 Å². The van der Waals surface area contributed by atoms with Gasteiger partial charge in [0.15, 0.2) is 0 Å². The highest BCUT2D eigenvalue weighted by atomic mass is 79.9. The van der Waals surface area contributed by atoms with E-state index in [1.807, 2.05) is 0 Å². The zero-order valence-electron chi connectivity index (χ0n) is 20.7. The number of benzene rings is 5. The van der Waals surface area contributed by atoms with Gasteiger partial charge in [-0.2, -0.15) is 0 Å². The minimum atomic E-state index is 0.733. The minimum Gasteiger partial charge on any atom is -0.310 e. The Balaban J connectivity index is 1.50. The Morgan fingerprint density at radius 1 is 0.676 bits per heavy atom. The minimum absolute atomic E-state index is 0.733. The zero-order chi connectivity index (χ0) is 25.1. The van der Waals surface area contributed by atoms with Crippen molar-refractivity contribution in [3.63, 3.8) is 0 Å². The molecule has 0 spiro atoms. The van der Waals surface area contributed by atoms with Crippen LogP contribution in [-0.2, 0) is 0 Å². The summed E-state index contributed by atoms with van der Waals surface area (Å²) in [6, 6.07) is 35.7. The van der Waals surface area contributed by atoms with Gasteiger partial charge in [0.25, 0.3) is 0 Å². The van der Waals surface area contributed by atoms with Gasteiger partial charge in [-0.3, -0.25) is 0 Å². The molecule has 0 N–H and O–H groups in total. The molecule has 0 aliphatic heterocycles. The van der Waals surface area contributed by atoms with Gasteiger partial charge < -0.3 is 4.90 Å². The first kappa shape index (κ1) is 23.3. The highest BCUT2D eigenvalue weighted by Gasteiger charge is 2.38. The van der Waals surface area contributed by atoms with Crippen molar-refractivity contribution >= 4 is 59.7 Å². The average molecular weight is 609 g/mol. The van der Waals surface area contributed by atoms with E-state index >= 15 is 0 Å². The fourth-order valence-electron chi connectivity index (χ4n) is 6.65. The average Bonchev–Trinajstić information content (AvgIpc) is 3.53. The lowest BCUT2D eigenvalue weighted by molar-refractivity contribution is 0.714. The van der Waals surface area contributed by atoms with Crippen LogP contribution < -0.4 is 4.90 Å². The van der Waals surface area contributed by atoms with E-state index in [4.69, 9.17) is 0 Å². The summed E-state index contributed by atoms with van der Waals surface area (Å²) in [5, 5.41) is 2.52. The Kier molecular flexibility index (Phi) is 5.75. The Morgan fingerprint density at radius 2 is 1.27 bits per heavy atom. The normalized spacial score (nSPS) is 17.8. The van der Waals surface area contributed by atoms with Gasteiger partial charge in [-0.15, -0.1) is 0 Å². The molecule has 1 saturated carbocycles. The second-order valence-electron chi connectivity index (χ2n) is 10.5. The topological polar surface area (TPSA) is 3.24 Å². The molecule has 37 heavy (non-hydrogen) atoms. The molecule has 0 saturated heterocycles. The van der Waals surface area contributed by atoms with Gasteiger partial charge in [0.2, 0.25) is 0 Å². The Bertz CT molecular complexity index is 1590. The van der Waals surface area contributed by atoms with Crippen molar-refractivity contribution < 1.29 is 0 Å². The van der Waals surface area contributed by atoms with Crippen LogP contribution in [0, 0.1) is 6.92 Å². The standard InChI is InChI=1S/C34H27Br2N/c1-21-16-26(19-32-24-6-7-25(17-24)34(21)32)31-18-22-4-2-3-5-23(22)20-33(31)37(29-12-8-27(35)9-13-29)30-14-10-28(36)11-15-30/h2-5,8-16,18-20,24-25H,6-7,17H2,1H3. The van der Waals surface area contributed by atoms with Crippen LogP contribution in [0.4, 0.5) is 17.1 Å². The van der Waals surface area contributed by atoms with Gasteiger partial charge in [0.05, 0.1) is 5.69 Å². The molecular weight excluding hydrogens is 582 g/mol. The molecule has 5 aromatic rings. The Hall–Kier alpha value is -2.88. The van der Waals surface area contributed by atoms with E-state index in [1.54, 1.807) is 11.1 Å². The van der Waals surface area contributed by atoms with Crippen molar-refractivity contribution in [3.8, 4) is 11.1 Å². The van der Waals surface area contributed by atoms with Crippen LogP contribution in [0.2, 0.25) is 0 Å². The summed E-state index contributed by atoms with van der Waals surface area (Å²) in [6.45, 7) is 2.32. The van der Waals surface area contributed by atoms with E-state index in [2.05, 4.69) is 141 Å². The second-order valence-corrected chi connectivity index (χ2v) is 12.3. The predicted octanol–water partition coefficient (Wildman–Crippen LogP) is 11.2. The van der Waals surface area contributed by atoms with Crippen molar-refractivity contribution in [1.82, 2.24) is 0 Å². The monoisotopic (exact) mass is 607 g/mol. The third-order valence-electron chi connectivity index (χ3n) is 8.29. The number of halogens is 2. The lowest BCUT2D eigenvalue weighted by atomic mass is 9.85. The molecule has 7 rings (SSSR count). The first-order valence-corrected chi connectivity index (χ1v) is 14.6. The SMILES string of the molecule is Cc1cc(-c2cc3ccccc3cc2N(c2ccc(Br)cc2)c2ccc(Br)cc2)cc2c1C1CCC2C1. The Morgan fingerprint density at radius 3 is 1.92 bits per heavy atom. The molecule has 182 valence electrons. The molecule has 0 amide bonds. The third kappa shape index (κ3) is 4.04. The summed E-state index contributed by atoms with van der Waals surface area (Å²) >= 11 is 7.26. The molecule has 0 aromatic heterocycles. The molecule has 2 aliphatic carbocycles. The number of rotatable bonds is 4. The third-order valence-corrected chi connectivity index (χ3v) is 9.34. The molecular formula is C34H27Br2N. The van der Waals surface area contributed by atoms with Gasteiger partial charge in [-0.1, -0.05) is 68.3 Å². The van der Waals surface area contributed by atoms with Crippen molar-refractivity contribution in [2.24, 2.45) is 0 Å². The predicted molar refractivity (Wildman–Crippen MR) is 164 cm³/mol. The smallest absolute Gasteiger partial charge is 0.0546 e. The number of anilines is 3. The van der Waals surface area contributed by atoms with E-state index in [0.717, 1.165) is 32.2 Å². The molecule has 1 fully saturated rings. The van der Waals surface area contributed by atoms with Crippen LogP contribution in [0.1, 0.15) is 47.8 Å². The maximum Gasteiger partial charge on any atom is 0.0546 e. The summed E-state index contributed by atoms with van der Waals surface area (Å²) in [6.07, 6.45) is 4.04. The molecule has 2 atom stereocenters. The molecule has 3 heteroatoms. The van der Waals surface area contributed by atoms with Crippen molar-refractivity contribution in [3.05, 3.63) is 123 Å². The first-order chi connectivity index (χ1) is 18.0. The van der Waals surface area contributed by atoms with Crippen molar-refractivity contribution in [2.75, 3.05) is 4.90 Å². The van der Waals surface area contributed by atoms with Crippen LogP contribution in [0.25, 0.3) is 21.9 Å². The fourth-order valence-corrected chi connectivity index (χ4v) is 7.18. The van der Waals surface area contributed by atoms with Crippen LogP contribution >= 0.6 is 31.9 Å². The van der Waals surface area contributed by atoms with Gasteiger partial charge in [-0.05, 0) is 132 Å². The highest BCUT2D eigenvalue weighted by molar-refractivity contribution is 9.10. The van der Waals surface area contributed by atoms with Crippen molar-refractivity contribution in [1.29, 1.82) is 0 Å². The number of fused-ring (bicyclic) bond motifs is 6. The number of hydrogen-bond donors (Lipinski definition) is 0. The molecule has 2 unspecified atom stereocenters. The number of aryl methyl sites for hydroxylation is 1. The summed E-state index contributed by atoms with van der Waals surface area (Å²) in [4.78, 5) is 2.40. The van der Waals surface area contributed by atoms with Gasteiger partial charge >= 0.3 is 0 Å². The van der Waals surface area contributed by atoms with Gasteiger partial charge in [0.1, 0.15) is 0 Å². The van der Waals surface area contributed by atoms with Crippen LogP contribution in [-0.4, -0.2) is 0 Å². The van der Waals surface area contributed by atoms with E-state index in [-0.39, 0.29) is 0 Å². The summed E-state index contributed by atoms with van der Waals surface area (Å²) in [5.41, 5.74) is 10.8.